The smallest absolute Gasteiger partial charge is 0.371 e. The second-order valence-electron chi connectivity index (χ2n) is 10.2. The number of aryl methyl sites for hydroxylation is 2. The first-order valence-corrected chi connectivity index (χ1v) is 14.1. The zero-order valence-electron chi connectivity index (χ0n) is 24.9. The van der Waals surface area contributed by atoms with Crippen LogP contribution in [0.5, 0.6) is 0 Å². The van der Waals surface area contributed by atoms with E-state index >= 15 is 0 Å². The summed E-state index contributed by atoms with van der Waals surface area (Å²) in [6.45, 7) is 5.80. The SMILES string of the molecule is Cc1cc2c(n1-c1ccc(F)[c-]c1F)COC2.Cc1cc2c(n1-c1ccc(F)[c-]c1F)COC2.[C-]1=CC=CC1.[C-]1=CC=CC1.[Ti+4]. The quantitative estimate of drug-likeness (QED) is 0.124. The Morgan fingerprint density at radius 3 is 1.36 bits per heavy atom. The molecule has 0 atom stereocenters. The maximum absolute atomic E-state index is 13.7. The number of aromatic nitrogens is 2. The van der Waals surface area contributed by atoms with Crippen molar-refractivity contribution in [1.29, 1.82) is 0 Å². The molecule has 45 heavy (non-hydrogen) atoms. The minimum atomic E-state index is -0.691. The maximum Gasteiger partial charge on any atom is 4.00 e. The van der Waals surface area contributed by atoms with Crippen LogP contribution in [-0.2, 0) is 57.6 Å². The van der Waals surface area contributed by atoms with Crippen LogP contribution in [0.1, 0.15) is 46.7 Å². The molecule has 0 saturated carbocycles. The summed E-state index contributed by atoms with van der Waals surface area (Å²) < 4.78 is 67.2. The number of halogens is 4. The minimum Gasteiger partial charge on any atom is -0.371 e. The number of allylic oxidation sites excluding steroid dienone is 8. The molecule has 0 radical (unpaired) electrons. The summed E-state index contributed by atoms with van der Waals surface area (Å²) >= 11 is 0. The van der Waals surface area contributed by atoms with E-state index in [-0.39, 0.29) is 21.7 Å². The number of hydrogen-bond acceptors (Lipinski definition) is 2. The number of nitrogens with zero attached hydrogens (tertiary/aromatic N) is 2. The summed E-state index contributed by atoms with van der Waals surface area (Å²) in [5, 5.41) is 0. The summed E-state index contributed by atoms with van der Waals surface area (Å²) in [6, 6.07) is 13.3. The van der Waals surface area contributed by atoms with Crippen molar-refractivity contribution in [3.63, 3.8) is 0 Å². The van der Waals surface area contributed by atoms with Crippen LogP contribution in [0.15, 0.2) is 72.9 Å². The van der Waals surface area contributed by atoms with Gasteiger partial charge in [-0.15, -0.1) is 49.2 Å². The molecule has 4 heterocycles. The fraction of sp³-hybridized carbons (Fsp3) is 0.222. The van der Waals surface area contributed by atoms with Crippen molar-refractivity contribution >= 4 is 0 Å². The molecule has 2 aromatic heterocycles. The minimum absolute atomic E-state index is 0. The molecule has 2 aliphatic carbocycles. The Balaban J connectivity index is 0.000000154. The van der Waals surface area contributed by atoms with Crippen LogP contribution >= 0.6 is 0 Å². The van der Waals surface area contributed by atoms with Crippen LogP contribution in [0.3, 0.4) is 0 Å². The van der Waals surface area contributed by atoms with Gasteiger partial charge < -0.3 is 18.6 Å². The van der Waals surface area contributed by atoms with Crippen molar-refractivity contribution in [1.82, 2.24) is 9.13 Å². The van der Waals surface area contributed by atoms with Gasteiger partial charge >= 0.3 is 21.7 Å². The van der Waals surface area contributed by atoms with Crippen LogP contribution in [0.2, 0.25) is 0 Å². The Kier molecular flexibility index (Phi) is 12.2. The summed E-state index contributed by atoms with van der Waals surface area (Å²) in [7, 11) is 0. The average Bonchev–Trinajstić information content (AvgIpc) is 3.83. The molecule has 0 bridgehead atoms. The molecular weight excluding hydrogens is 616 g/mol. The van der Waals surface area contributed by atoms with E-state index < -0.39 is 23.3 Å². The summed E-state index contributed by atoms with van der Waals surface area (Å²) in [5.74, 6) is -2.75. The van der Waals surface area contributed by atoms with E-state index in [1.807, 2.05) is 50.3 Å². The number of rotatable bonds is 2. The molecule has 4 aromatic rings. The third kappa shape index (κ3) is 8.32. The molecule has 228 valence electrons. The molecule has 0 saturated heterocycles. The van der Waals surface area contributed by atoms with Gasteiger partial charge in [0.05, 0.1) is 26.4 Å². The Labute approximate surface area is 275 Å². The molecule has 0 spiro atoms. The average molecular weight is 647 g/mol. The standard InChI is InChI=1S/2C13H10F2NO.2C5H5.Ti/c2*1-8-4-9-6-17-7-13(9)16(8)12-3-2-10(14)5-11(12)15;2*1-2-4-5-3-1;/h2*2-4H,6-7H2,1H3;2*1-3H,4H2;/q4*-1;+4. The number of benzene rings is 2. The van der Waals surface area contributed by atoms with Gasteiger partial charge in [-0.25, -0.2) is 41.9 Å². The van der Waals surface area contributed by atoms with E-state index in [4.69, 9.17) is 9.47 Å². The third-order valence-electron chi connectivity index (χ3n) is 7.08. The first kappa shape index (κ1) is 34.2. The molecule has 4 aliphatic rings. The molecule has 0 fully saturated rings. The van der Waals surface area contributed by atoms with Crippen molar-refractivity contribution in [3.8, 4) is 11.4 Å². The van der Waals surface area contributed by atoms with Gasteiger partial charge in [-0.2, -0.15) is 12.2 Å². The molecule has 0 amide bonds. The van der Waals surface area contributed by atoms with Crippen molar-refractivity contribution in [2.24, 2.45) is 0 Å². The number of hydrogen-bond donors (Lipinski definition) is 0. The van der Waals surface area contributed by atoms with Gasteiger partial charge in [-0.05, 0) is 37.4 Å². The van der Waals surface area contributed by atoms with Crippen LogP contribution in [0.4, 0.5) is 17.6 Å². The maximum atomic E-state index is 13.7. The first-order valence-electron chi connectivity index (χ1n) is 14.1. The zero-order chi connectivity index (χ0) is 31.1. The molecule has 0 N–H and O–H groups in total. The molecule has 4 nitrogen and oxygen atoms in total. The molecule has 9 heteroatoms. The fourth-order valence-corrected chi connectivity index (χ4v) is 5.16. The Hall–Kier alpha value is -3.69. The summed E-state index contributed by atoms with van der Waals surface area (Å²) in [6.07, 6.45) is 20.0. The van der Waals surface area contributed by atoms with Crippen LogP contribution < -0.4 is 0 Å². The van der Waals surface area contributed by atoms with Crippen LogP contribution in [-0.4, -0.2) is 9.13 Å². The van der Waals surface area contributed by atoms with E-state index in [1.165, 1.54) is 24.3 Å². The van der Waals surface area contributed by atoms with Gasteiger partial charge in [-0.3, -0.25) is 12.2 Å². The van der Waals surface area contributed by atoms with Gasteiger partial charge in [0.25, 0.3) is 0 Å². The molecule has 8 rings (SSSR count). The van der Waals surface area contributed by atoms with Gasteiger partial charge in [-0.1, -0.05) is 0 Å². The van der Waals surface area contributed by atoms with Crippen molar-refractivity contribution in [2.45, 2.75) is 53.1 Å². The van der Waals surface area contributed by atoms with Gasteiger partial charge in [0, 0.05) is 57.2 Å². The van der Waals surface area contributed by atoms with Gasteiger partial charge in [0.1, 0.15) is 0 Å². The second-order valence-corrected chi connectivity index (χ2v) is 10.2. The van der Waals surface area contributed by atoms with E-state index in [0.717, 1.165) is 46.7 Å². The second kappa shape index (κ2) is 16.0. The van der Waals surface area contributed by atoms with E-state index in [0.29, 0.717) is 37.8 Å². The normalized spacial score (nSPS) is 14.5. The van der Waals surface area contributed by atoms with Crippen molar-refractivity contribution < 1.29 is 48.8 Å². The molecule has 2 aliphatic heterocycles. The van der Waals surface area contributed by atoms with Crippen molar-refractivity contribution in [2.75, 3.05) is 0 Å². The number of fused-ring (bicyclic) bond motifs is 2. The monoisotopic (exact) mass is 646 g/mol. The summed E-state index contributed by atoms with van der Waals surface area (Å²) in [5.41, 5.74) is 6.45. The third-order valence-corrected chi connectivity index (χ3v) is 7.08. The van der Waals surface area contributed by atoms with Gasteiger partial charge in [0.15, 0.2) is 0 Å². The Morgan fingerprint density at radius 1 is 0.622 bits per heavy atom. The largest absolute Gasteiger partial charge is 4.00 e. The predicted octanol–water partition coefficient (Wildman–Crippen LogP) is 8.40. The zero-order valence-corrected chi connectivity index (χ0v) is 26.5. The van der Waals surface area contributed by atoms with Crippen molar-refractivity contribution in [3.05, 3.63) is 154 Å². The molecule has 0 unspecified atom stereocenters. The first-order chi connectivity index (χ1) is 21.3. The molecular formula is C36H30F4N2O2Ti. The van der Waals surface area contributed by atoms with Crippen LogP contribution in [0, 0.1) is 61.4 Å². The van der Waals surface area contributed by atoms with E-state index in [2.05, 4.69) is 36.4 Å². The predicted molar refractivity (Wildman–Crippen MR) is 159 cm³/mol. The molecule has 2 aromatic carbocycles. The number of ether oxygens (including phenoxy) is 2. The van der Waals surface area contributed by atoms with Crippen LogP contribution in [0.25, 0.3) is 11.4 Å². The van der Waals surface area contributed by atoms with Gasteiger partial charge in [0.2, 0.25) is 0 Å². The summed E-state index contributed by atoms with van der Waals surface area (Å²) in [4.78, 5) is 0. The fourth-order valence-electron chi connectivity index (χ4n) is 5.16. The topological polar surface area (TPSA) is 28.3 Å². The Bertz CT molecular complexity index is 1600. The van der Waals surface area contributed by atoms with E-state index in [1.54, 1.807) is 9.13 Å². The Morgan fingerprint density at radius 2 is 1.04 bits per heavy atom. The van der Waals surface area contributed by atoms with E-state index in [9.17, 15) is 17.6 Å².